The van der Waals surface area contributed by atoms with Gasteiger partial charge in [0.25, 0.3) is 0 Å². The highest BCUT2D eigenvalue weighted by molar-refractivity contribution is 5.81. The average molecular weight is 307 g/mol. The molecule has 0 radical (unpaired) electrons. The van der Waals surface area contributed by atoms with Crippen LogP contribution in [0.5, 0.6) is 0 Å². The van der Waals surface area contributed by atoms with Crippen molar-refractivity contribution in [3.8, 4) is 0 Å². The summed E-state index contributed by atoms with van der Waals surface area (Å²) < 4.78 is 18.1. The number of amides is 3. The van der Waals surface area contributed by atoms with Crippen LogP contribution < -0.4 is 11.1 Å². The second-order valence-electron chi connectivity index (χ2n) is 5.66. The van der Waals surface area contributed by atoms with Crippen molar-refractivity contribution >= 4 is 11.9 Å². The van der Waals surface area contributed by atoms with Crippen LogP contribution in [0.25, 0.3) is 0 Å². The molecule has 0 spiro atoms. The molecule has 2 fully saturated rings. The molecule has 3 rings (SSSR count). The van der Waals surface area contributed by atoms with E-state index in [-0.39, 0.29) is 30.4 Å². The Balaban J connectivity index is 1.53. The number of ether oxygens (including phenoxy) is 1. The molecule has 0 unspecified atom stereocenters. The highest BCUT2D eigenvalue weighted by Gasteiger charge is 2.40. The van der Waals surface area contributed by atoms with Gasteiger partial charge < -0.3 is 20.7 Å². The number of rotatable bonds is 3. The van der Waals surface area contributed by atoms with E-state index in [0.717, 1.165) is 12.0 Å². The lowest BCUT2D eigenvalue weighted by Gasteiger charge is -2.31. The van der Waals surface area contributed by atoms with Gasteiger partial charge in [0, 0.05) is 18.5 Å². The Morgan fingerprint density at radius 1 is 1.32 bits per heavy atom. The maximum Gasteiger partial charge on any atom is 0.317 e. The number of hydrogen-bond acceptors (Lipinski definition) is 3. The minimum atomic E-state index is -0.744. The van der Waals surface area contributed by atoms with Crippen molar-refractivity contribution in [3.05, 3.63) is 35.6 Å². The lowest BCUT2D eigenvalue weighted by molar-refractivity contribution is -0.133. The highest BCUT2D eigenvalue weighted by atomic mass is 19.1. The summed E-state index contributed by atoms with van der Waals surface area (Å²) in [7, 11) is 0. The Labute approximate surface area is 127 Å². The van der Waals surface area contributed by atoms with E-state index in [4.69, 9.17) is 10.5 Å². The Kier molecular flexibility index (Phi) is 3.98. The fraction of sp³-hybridized carbons (Fsp3) is 0.467. The lowest BCUT2D eigenvalue weighted by atomic mass is 10.1. The zero-order chi connectivity index (χ0) is 15.7. The van der Waals surface area contributed by atoms with Crippen LogP contribution in [0.4, 0.5) is 9.18 Å². The molecule has 1 aliphatic carbocycles. The summed E-state index contributed by atoms with van der Waals surface area (Å²) in [4.78, 5) is 24.9. The molecular formula is C15H18FN3O3. The molecule has 1 aromatic carbocycles. The molecule has 1 saturated heterocycles. The van der Waals surface area contributed by atoms with Gasteiger partial charge in [-0.1, -0.05) is 12.1 Å². The number of carbonyl (C=O) groups is 2. The summed E-state index contributed by atoms with van der Waals surface area (Å²) >= 11 is 0. The molecule has 0 bridgehead atoms. The molecule has 1 aliphatic heterocycles. The van der Waals surface area contributed by atoms with Gasteiger partial charge >= 0.3 is 6.03 Å². The molecule has 118 valence electrons. The second kappa shape index (κ2) is 5.92. The van der Waals surface area contributed by atoms with Crippen LogP contribution in [-0.4, -0.2) is 48.7 Å². The third kappa shape index (κ3) is 3.19. The SMILES string of the molecule is NC(=O)[C@@H]1CN(C(=O)N[C@@H]2C[C@H]2c2ccc(F)cc2)CCO1. The molecule has 1 aromatic rings. The van der Waals surface area contributed by atoms with Gasteiger partial charge in [-0.25, -0.2) is 9.18 Å². The summed E-state index contributed by atoms with van der Waals surface area (Å²) in [6, 6.07) is 6.16. The third-order valence-corrected chi connectivity index (χ3v) is 4.07. The minimum absolute atomic E-state index is 0.0489. The van der Waals surface area contributed by atoms with Crippen LogP contribution in [0.15, 0.2) is 24.3 Å². The summed E-state index contributed by atoms with van der Waals surface area (Å²) in [5.41, 5.74) is 6.22. The Bertz CT molecular complexity index is 578. The first kappa shape index (κ1) is 14.8. The van der Waals surface area contributed by atoms with Crippen molar-refractivity contribution in [1.29, 1.82) is 0 Å². The summed E-state index contributed by atoms with van der Waals surface area (Å²) in [5, 5.41) is 2.93. The van der Waals surface area contributed by atoms with Crippen molar-refractivity contribution in [2.45, 2.75) is 24.5 Å². The molecule has 1 heterocycles. The number of carbonyl (C=O) groups excluding carboxylic acids is 2. The van der Waals surface area contributed by atoms with E-state index in [0.29, 0.717) is 13.2 Å². The zero-order valence-electron chi connectivity index (χ0n) is 12.0. The standard InChI is InChI=1S/C15H18FN3O3/c16-10-3-1-9(2-4-10)11-7-12(11)18-15(21)19-5-6-22-13(8-19)14(17)20/h1-4,11-13H,5-8H2,(H2,17,20)(H,18,21)/t11-,12+,13-/m0/s1. The first-order valence-corrected chi connectivity index (χ1v) is 7.26. The van der Waals surface area contributed by atoms with Gasteiger partial charge in [-0.05, 0) is 24.1 Å². The van der Waals surface area contributed by atoms with E-state index in [9.17, 15) is 14.0 Å². The molecular weight excluding hydrogens is 289 g/mol. The summed E-state index contributed by atoms with van der Waals surface area (Å²) in [5.74, 6) is -0.610. The van der Waals surface area contributed by atoms with Crippen LogP contribution in [0.2, 0.25) is 0 Å². The summed E-state index contributed by atoms with van der Waals surface area (Å²) in [6.45, 7) is 0.908. The van der Waals surface area contributed by atoms with Gasteiger partial charge in [0.2, 0.25) is 5.91 Å². The van der Waals surface area contributed by atoms with Crippen molar-refractivity contribution < 1.29 is 18.7 Å². The van der Waals surface area contributed by atoms with Crippen LogP contribution in [-0.2, 0) is 9.53 Å². The van der Waals surface area contributed by atoms with E-state index >= 15 is 0 Å². The lowest BCUT2D eigenvalue weighted by Crippen LogP contribution is -2.53. The van der Waals surface area contributed by atoms with Gasteiger partial charge in [0.05, 0.1) is 13.2 Å². The Morgan fingerprint density at radius 2 is 2.05 bits per heavy atom. The van der Waals surface area contributed by atoms with Crippen molar-refractivity contribution in [1.82, 2.24) is 10.2 Å². The number of hydrogen-bond donors (Lipinski definition) is 2. The number of nitrogens with one attached hydrogen (secondary N) is 1. The van der Waals surface area contributed by atoms with Crippen LogP contribution in [0, 0.1) is 5.82 Å². The maximum atomic E-state index is 12.9. The molecule has 22 heavy (non-hydrogen) atoms. The molecule has 7 heteroatoms. The van der Waals surface area contributed by atoms with E-state index in [1.54, 1.807) is 17.0 Å². The van der Waals surface area contributed by atoms with E-state index < -0.39 is 12.0 Å². The molecule has 3 amide bonds. The number of halogens is 1. The van der Waals surface area contributed by atoms with Crippen LogP contribution >= 0.6 is 0 Å². The second-order valence-corrected chi connectivity index (χ2v) is 5.66. The van der Waals surface area contributed by atoms with E-state index in [2.05, 4.69) is 5.32 Å². The molecule has 3 atom stereocenters. The molecule has 1 saturated carbocycles. The zero-order valence-corrected chi connectivity index (χ0v) is 12.0. The van der Waals surface area contributed by atoms with Crippen molar-refractivity contribution in [2.75, 3.05) is 19.7 Å². The fourth-order valence-corrected chi connectivity index (χ4v) is 2.69. The fourth-order valence-electron chi connectivity index (χ4n) is 2.69. The number of benzene rings is 1. The average Bonchev–Trinajstić information content (AvgIpc) is 3.27. The van der Waals surface area contributed by atoms with Crippen molar-refractivity contribution in [3.63, 3.8) is 0 Å². The maximum absolute atomic E-state index is 12.9. The topological polar surface area (TPSA) is 84.7 Å². The number of nitrogens with zero attached hydrogens (tertiary/aromatic N) is 1. The van der Waals surface area contributed by atoms with Gasteiger partial charge in [-0.15, -0.1) is 0 Å². The van der Waals surface area contributed by atoms with Gasteiger partial charge in [0.15, 0.2) is 6.10 Å². The quantitative estimate of drug-likeness (QED) is 0.856. The smallest absolute Gasteiger partial charge is 0.317 e. The summed E-state index contributed by atoms with van der Waals surface area (Å²) in [6.07, 6.45) is 0.0904. The van der Waals surface area contributed by atoms with Gasteiger partial charge in [-0.3, -0.25) is 4.79 Å². The Hall–Kier alpha value is -2.15. The molecule has 3 N–H and O–H groups in total. The van der Waals surface area contributed by atoms with Crippen LogP contribution in [0.1, 0.15) is 17.9 Å². The van der Waals surface area contributed by atoms with Gasteiger partial charge in [0.1, 0.15) is 5.82 Å². The first-order valence-electron chi connectivity index (χ1n) is 7.26. The Morgan fingerprint density at radius 3 is 2.73 bits per heavy atom. The normalized spacial score (nSPS) is 27.3. The van der Waals surface area contributed by atoms with E-state index in [1.807, 2.05) is 0 Å². The van der Waals surface area contributed by atoms with Crippen LogP contribution in [0.3, 0.4) is 0 Å². The predicted molar refractivity (Wildman–Crippen MR) is 76.6 cm³/mol. The first-order chi connectivity index (χ1) is 10.5. The minimum Gasteiger partial charge on any atom is -0.367 e. The number of nitrogens with two attached hydrogens (primary N) is 1. The third-order valence-electron chi connectivity index (χ3n) is 4.07. The molecule has 2 aliphatic rings. The molecule has 0 aromatic heterocycles. The highest BCUT2D eigenvalue weighted by Crippen LogP contribution is 2.40. The largest absolute Gasteiger partial charge is 0.367 e. The number of urea groups is 1. The van der Waals surface area contributed by atoms with Gasteiger partial charge in [-0.2, -0.15) is 0 Å². The van der Waals surface area contributed by atoms with Crippen molar-refractivity contribution in [2.24, 2.45) is 5.73 Å². The number of morpholine rings is 1. The van der Waals surface area contributed by atoms with E-state index in [1.165, 1.54) is 12.1 Å². The molecule has 6 nitrogen and oxygen atoms in total. The predicted octanol–water partition coefficient (Wildman–Crippen LogP) is 0.577. The number of primary amides is 1. The monoisotopic (exact) mass is 307 g/mol.